The first-order valence-electron chi connectivity index (χ1n) is 9.56. The van der Waals surface area contributed by atoms with Gasteiger partial charge in [0.2, 0.25) is 0 Å². The Kier molecular flexibility index (Phi) is 5.00. The fourth-order valence-electron chi connectivity index (χ4n) is 3.89. The van der Waals surface area contributed by atoms with Crippen LogP contribution in [0.2, 0.25) is 0 Å². The van der Waals surface area contributed by atoms with Gasteiger partial charge in [0.1, 0.15) is 6.54 Å². The number of para-hydroxylation sites is 1. The van der Waals surface area contributed by atoms with Crippen molar-refractivity contribution in [1.29, 1.82) is 5.26 Å². The lowest BCUT2D eigenvalue weighted by atomic mass is 10.0. The number of anilines is 1. The molecule has 4 rings (SSSR count). The van der Waals surface area contributed by atoms with Crippen molar-refractivity contribution in [3.8, 4) is 6.07 Å². The Morgan fingerprint density at radius 2 is 1.62 bits per heavy atom. The third-order valence-corrected chi connectivity index (χ3v) is 5.46. The first kappa shape index (κ1) is 18.7. The van der Waals surface area contributed by atoms with Crippen molar-refractivity contribution in [2.75, 3.05) is 24.5 Å². The molecule has 2 aliphatic rings. The van der Waals surface area contributed by atoms with Crippen molar-refractivity contribution in [2.24, 2.45) is 0 Å². The minimum atomic E-state index is -0.293. The van der Waals surface area contributed by atoms with E-state index in [9.17, 15) is 14.4 Å². The van der Waals surface area contributed by atoms with Gasteiger partial charge in [-0.15, -0.1) is 0 Å². The third kappa shape index (κ3) is 3.57. The molecule has 146 valence electrons. The number of urea groups is 1. The fourth-order valence-corrected chi connectivity index (χ4v) is 3.89. The molecule has 0 N–H and O–H groups in total. The van der Waals surface area contributed by atoms with Gasteiger partial charge in [0.05, 0.1) is 17.3 Å². The molecule has 29 heavy (non-hydrogen) atoms. The van der Waals surface area contributed by atoms with Gasteiger partial charge >= 0.3 is 6.03 Å². The number of amides is 4. The van der Waals surface area contributed by atoms with Crippen LogP contribution in [0.4, 0.5) is 10.5 Å². The molecule has 0 saturated carbocycles. The molecule has 0 unspecified atom stereocenters. The van der Waals surface area contributed by atoms with Crippen molar-refractivity contribution in [3.05, 3.63) is 65.7 Å². The maximum Gasteiger partial charge on any atom is 0.332 e. The number of nitriles is 1. The summed E-state index contributed by atoms with van der Waals surface area (Å²) in [7, 11) is 0. The largest absolute Gasteiger partial charge is 0.338 e. The number of rotatable bonds is 3. The van der Waals surface area contributed by atoms with Crippen LogP contribution in [0.15, 0.2) is 54.6 Å². The summed E-state index contributed by atoms with van der Waals surface area (Å²) in [6.07, 6.45) is 1.26. The van der Waals surface area contributed by atoms with E-state index < -0.39 is 0 Å². The molecule has 0 atom stereocenters. The lowest BCUT2D eigenvalue weighted by Gasteiger charge is -2.36. The Bertz CT molecular complexity index is 973. The Labute approximate surface area is 168 Å². The van der Waals surface area contributed by atoms with Gasteiger partial charge in [-0.05, 0) is 49.2 Å². The maximum absolute atomic E-state index is 12.8. The van der Waals surface area contributed by atoms with Crippen molar-refractivity contribution in [3.63, 3.8) is 0 Å². The number of imide groups is 1. The van der Waals surface area contributed by atoms with E-state index in [1.807, 2.05) is 12.1 Å². The van der Waals surface area contributed by atoms with Gasteiger partial charge in [0.25, 0.3) is 11.8 Å². The predicted molar refractivity (Wildman–Crippen MR) is 106 cm³/mol. The van der Waals surface area contributed by atoms with Crippen molar-refractivity contribution in [2.45, 2.75) is 18.9 Å². The molecule has 2 fully saturated rings. The number of likely N-dealkylation sites (tertiary alicyclic amines) is 1. The van der Waals surface area contributed by atoms with Crippen LogP contribution in [-0.2, 0) is 4.79 Å². The summed E-state index contributed by atoms with van der Waals surface area (Å²) < 4.78 is 0. The second-order valence-corrected chi connectivity index (χ2v) is 7.19. The number of carbonyl (C=O) groups is 3. The van der Waals surface area contributed by atoms with Gasteiger partial charge in [0.15, 0.2) is 0 Å². The van der Waals surface area contributed by atoms with E-state index in [2.05, 4.69) is 0 Å². The Morgan fingerprint density at radius 3 is 2.24 bits per heavy atom. The van der Waals surface area contributed by atoms with Gasteiger partial charge in [-0.3, -0.25) is 9.59 Å². The summed E-state index contributed by atoms with van der Waals surface area (Å²) >= 11 is 0. The van der Waals surface area contributed by atoms with E-state index in [0.29, 0.717) is 42.7 Å². The molecule has 0 aliphatic carbocycles. The zero-order chi connectivity index (χ0) is 20.4. The lowest BCUT2D eigenvalue weighted by molar-refractivity contribution is -0.116. The normalized spacial score (nSPS) is 17.6. The van der Waals surface area contributed by atoms with E-state index in [-0.39, 0.29) is 30.4 Å². The number of hydrogen-bond donors (Lipinski definition) is 0. The molecular weight excluding hydrogens is 368 g/mol. The van der Waals surface area contributed by atoms with Crippen LogP contribution < -0.4 is 4.90 Å². The lowest BCUT2D eigenvalue weighted by Crippen LogP contribution is -2.48. The van der Waals surface area contributed by atoms with Crippen molar-refractivity contribution < 1.29 is 14.4 Å². The summed E-state index contributed by atoms with van der Waals surface area (Å²) in [6, 6.07) is 17.2. The van der Waals surface area contributed by atoms with E-state index in [1.165, 1.54) is 4.90 Å². The average molecular weight is 388 g/mol. The Morgan fingerprint density at radius 1 is 0.966 bits per heavy atom. The molecule has 0 bridgehead atoms. The number of benzene rings is 2. The van der Waals surface area contributed by atoms with Crippen LogP contribution in [0.1, 0.15) is 28.8 Å². The smallest absolute Gasteiger partial charge is 0.332 e. The molecule has 2 aromatic rings. The van der Waals surface area contributed by atoms with Crippen LogP contribution in [0.3, 0.4) is 0 Å². The molecule has 0 radical (unpaired) electrons. The maximum atomic E-state index is 12.8. The predicted octanol–water partition coefficient (Wildman–Crippen LogP) is 2.63. The summed E-state index contributed by atoms with van der Waals surface area (Å²) in [5, 5.41) is 8.88. The summed E-state index contributed by atoms with van der Waals surface area (Å²) in [4.78, 5) is 42.6. The first-order valence-corrected chi connectivity index (χ1v) is 9.56. The van der Waals surface area contributed by atoms with E-state index >= 15 is 0 Å². The molecule has 2 saturated heterocycles. The minimum Gasteiger partial charge on any atom is -0.338 e. The topological polar surface area (TPSA) is 84.7 Å². The number of nitrogens with zero attached hydrogens (tertiary/aromatic N) is 4. The van der Waals surface area contributed by atoms with Crippen molar-refractivity contribution >= 4 is 23.5 Å². The minimum absolute atomic E-state index is 0.0647. The van der Waals surface area contributed by atoms with Crippen LogP contribution in [0.25, 0.3) is 0 Å². The molecule has 2 heterocycles. The van der Waals surface area contributed by atoms with Gasteiger partial charge in [-0.2, -0.15) is 5.26 Å². The summed E-state index contributed by atoms with van der Waals surface area (Å²) in [5.41, 5.74) is 1.64. The van der Waals surface area contributed by atoms with E-state index in [1.54, 1.807) is 58.3 Å². The molecular formula is C22H20N4O3. The van der Waals surface area contributed by atoms with E-state index in [4.69, 9.17) is 5.26 Å². The van der Waals surface area contributed by atoms with Gasteiger partial charge in [-0.25, -0.2) is 9.69 Å². The second kappa shape index (κ2) is 7.76. The third-order valence-electron chi connectivity index (χ3n) is 5.46. The average Bonchev–Trinajstić information content (AvgIpc) is 3.08. The summed E-state index contributed by atoms with van der Waals surface area (Å²) in [6.45, 7) is 1.11. The molecule has 2 aliphatic heterocycles. The highest BCUT2D eigenvalue weighted by Gasteiger charge is 2.41. The number of hydrogen-bond acceptors (Lipinski definition) is 4. The zero-order valence-corrected chi connectivity index (χ0v) is 15.8. The molecule has 0 spiro atoms. The van der Waals surface area contributed by atoms with Gasteiger partial charge in [-0.1, -0.05) is 18.2 Å². The highest BCUT2D eigenvalue weighted by molar-refractivity contribution is 6.19. The highest BCUT2D eigenvalue weighted by atomic mass is 16.2. The molecule has 0 aromatic heterocycles. The Balaban J connectivity index is 1.39. The van der Waals surface area contributed by atoms with Crippen molar-refractivity contribution in [1.82, 2.24) is 9.80 Å². The molecule has 4 amide bonds. The standard InChI is InChI=1S/C22H20N4O3/c23-14-16-6-8-17(9-7-16)21(28)24-12-10-18(11-13-24)25-15-20(27)26(22(25)29)19-4-2-1-3-5-19/h1-9,18H,10-13,15H2. The van der Waals surface area contributed by atoms with Crippen LogP contribution >= 0.6 is 0 Å². The summed E-state index contributed by atoms with van der Waals surface area (Å²) in [5.74, 6) is -0.306. The zero-order valence-electron chi connectivity index (χ0n) is 15.8. The van der Waals surface area contributed by atoms with Gasteiger partial charge < -0.3 is 9.80 Å². The monoisotopic (exact) mass is 388 g/mol. The molecule has 7 heteroatoms. The second-order valence-electron chi connectivity index (χ2n) is 7.19. The SMILES string of the molecule is N#Cc1ccc(C(=O)N2CCC(N3CC(=O)N(c4ccccc4)C3=O)CC2)cc1. The highest BCUT2D eigenvalue weighted by Crippen LogP contribution is 2.26. The van der Waals surface area contributed by atoms with Gasteiger partial charge in [0, 0.05) is 24.7 Å². The quantitative estimate of drug-likeness (QED) is 0.757. The Hall–Kier alpha value is -3.66. The number of piperidine rings is 1. The van der Waals surface area contributed by atoms with Crippen LogP contribution in [-0.4, -0.2) is 53.3 Å². The van der Waals surface area contributed by atoms with E-state index in [0.717, 1.165) is 0 Å². The molecule has 2 aromatic carbocycles. The fraction of sp³-hybridized carbons (Fsp3) is 0.273. The van der Waals surface area contributed by atoms with Crippen LogP contribution in [0, 0.1) is 11.3 Å². The number of carbonyl (C=O) groups excluding carboxylic acids is 3. The molecule has 7 nitrogen and oxygen atoms in total. The van der Waals surface area contributed by atoms with Crippen LogP contribution in [0.5, 0.6) is 0 Å². The first-order chi connectivity index (χ1) is 14.1.